The molecule has 76 valence electrons. The first-order chi connectivity index (χ1) is 6.45. The highest BCUT2D eigenvalue weighted by Crippen LogP contribution is 2.22. The van der Waals surface area contributed by atoms with Gasteiger partial charge in [0, 0.05) is 6.20 Å². The number of allylic oxidation sites excluding steroid dienone is 1. The van der Waals surface area contributed by atoms with Crippen molar-refractivity contribution in [2.75, 3.05) is 0 Å². The van der Waals surface area contributed by atoms with E-state index < -0.39 is 0 Å². The summed E-state index contributed by atoms with van der Waals surface area (Å²) in [5.41, 5.74) is 8.80. The number of rotatable bonds is 1. The van der Waals surface area contributed by atoms with Crippen LogP contribution in [0.3, 0.4) is 0 Å². The highest BCUT2D eigenvalue weighted by molar-refractivity contribution is 5.59. The second-order valence-corrected chi connectivity index (χ2v) is 4.42. The molecule has 1 aromatic heterocycles. The van der Waals surface area contributed by atoms with E-state index in [2.05, 4.69) is 31.8 Å². The van der Waals surface area contributed by atoms with Crippen molar-refractivity contribution < 1.29 is 0 Å². The van der Waals surface area contributed by atoms with Gasteiger partial charge in [0.15, 0.2) is 0 Å². The second kappa shape index (κ2) is 3.82. The molecule has 0 spiro atoms. The van der Waals surface area contributed by atoms with E-state index in [0.29, 0.717) is 0 Å². The highest BCUT2D eigenvalue weighted by Gasteiger charge is 2.14. The molecule has 1 aromatic rings. The maximum Gasteiger partial charge on any atom is 0.0858 e. The van der Waals surface area contributed by atoms with Crippen LogP contribution in [0.4, 0.5) is 0 Å². The van der Waals surface area contributed by atoms with Crippen molar-refractivity contribution in [2.45, 2.75) is 33.1 Å². The van der Waals surface area contributed by atoms with Crippen LogP contribution in [-0.2, 0) is 5.41 Å². The smallest absolute Gasteiger partial charge is 0.0858 e. The second-order valence-electron chi connectivity index (χ2n) is 4.42. The Hall–Kier alpha value is -1.31. The van der Waals surface area contributed by atoms with E-state index in [4.69, 9.17) is 5.73 Å². The molecule has 0 amide bonds. The van der Waals surface area contributed by atoms with Gasteiger partial charge in [0.2, 0.25) is 0 Å². The zero-order valence-corrected chi connectivity index (χ0v) is 9.33. The summed E-state index contributed by atoms with van der Waals surface area (Å²) < 4.78 is 0. The fraction of sp³-hybridized carbons (Fsp3) is 0.417. The van der Waals surface area contributed by atoms with Gasteiger partial charge >= 0.3 is 0 Å². The normalized spacial score (nSPS) is 13.0. The quantitative estimate of drug-likeness (QED) is 0.739. The monoisotopic (exact) mass is 190 g/mol. The Kier molecular flexibility index (Phi) is 2.94. The molecule has 2 N–H and O–H groups in total. The van der Waals surface area contributed by atoms with Gasteiger partial charge in [0.25, 0.3) is 0 Å². The molecule has 14 heavy (non-hydrogen) atoms. The molecule has 0 atom stereocenters. The van der Waals surface area contributed by atoms with Crippen LogP contribution in [0.15, 0.2) is 24.4 Å². The van der Waals surface area contributed by atoms with E-state index in [1.54, 1.807) is 0 Å². The van der Waals surface area contributed by atoms with Gasteiger partial charge in [-0.2, -0.15) is 0 Å². The standard InChI is InChI=1S/C12H18N2/c1-5-10(13)11-8-9(6-7-14-11)12(2,3)4/h5-8H,13H2,1-4H3/b10-5-. The molecule has 2 heteroatoms. The van der Waals surface area contributed by atoms with Crippen LogP contribution in [0.1, 0.15) is 39.0 Å². The summed E-state index contributed by atoms with van der Waals surface area (Å²) in [6, 6.07) is 4.09. The summed E-state index contributed by atoms with van der Waals surface area (Å²) >= 11 is 0. The molecule has 0 saturated heterocycles. The number of nitrogens with zero attached hydrogens (tertiary/aromatic N) is 1. The zero-order valence-electron chi connectivity index (χ0n) is 9.33. The minimum Gasteiger partial charge on any atom is -0.397 e. The summed E-state index contributed by atoms with van der Waals surface area (Å²) in [7, 11) is 0. The highest BCUT2D eigenvalue weighted by atomic mass is 14.7. The lowest BCUT2D eigenvalue weighted by Gasteiger charge is -2.19. The number of pyridine rings is 1. The van der Waals surface area contributed by atoms with Crippen LogP contribution in [0.25, 0.3) is 5.70 Å². The number of nitrogens with two attached hydrogens (primary N) is 1. The van der Waals surface area contributed by atoms with E-state index in [-0.39, 0.29) is 5.41 Å². The molecular formula is C12H18N2. The molecule has 0 aliphatic carbocycles. The van der Waals surface area contributed by atoms with Crippen molar-refractivity contribution in [2.24, 2.45) is 5.73 Å². The first-order valence-corrected chi connectivity index (χ1v) is 4.84. The molecule has 1 rings (SSSR count). The van der Waals surface area contributed by atoms with Crippen molar-refractivity contribution in [3.63, 3.8) is 0 Å². The Balaban J connectivity index is 3.14. The Bertz CT molecular complexity index is 346. The minimum atomic E-state index is 0.145. The van der Waals surface area contributed by atoms with Crippen molar-refractivity contribution in [3.8, 4) is 0 Å². The van der Waals surface area contributed by atoms with Crippen LogP contribution in [0, 0.1) is 0 Å². The largest absolute Gasteiger partial charge is 0.397 e. The fourth-order valence-electron chi connectivity index (χ4n) is 1.20. The van der Waals surface area contributed by atoms with Crippen LogP contribution in [0.2, 0.25) is 0 Å². The molecule has 0 saturated carbocycles. The molecule has 0 unspecified atom stereocenters. The fourth-order valence-corrected chi connectivity index (χ4v) is 1.20. The van der Waals surface area contributed by atoms with Crippen LogP contribution in [-0.4, -0.2) is 4.98 Å². The molecule has 0 aromatic carbocycles. The van der Waals surface area contributed by atoms with Crippen molar-refractivity contribution >= 4 is 5.70 Å². The average Bonchev–Trinajstić information content (AvgIpc) is 2.15. The van der Waals surface area contributed by atoms with Gasteiger partial charge in [-0.15, -0.1) is 0 Å². The number of aromatic nitrogens is 1. The molecule has 0 aliphatic heterocycles. The zero-order chi connectivity index (χ0) is 10.8. The lowest BCUT2D eigenvalue weighted by Crippen LogP contribution is -2.12. The van der Waals surface area contributed by atoms with Gasteiger partial charge in [0.1, 0.15) is 0 Å². The van der Waals surface area contributed by atoms with E-state index in [1.807, 2.05) is 25.3 Å². The lowest BCUT2D eigenvalue weighted by atomic mass is 9.87. The molecule has 1 heterocycles. The van der Waals surface area contributed by atoms with E-state index in [0.717, 1.165) is 11.4 Å². The molecule has 0 fully saturated rings. The Morgan fingerprint density at radius 1 is 1.43 bits per heavy atom. The average molecular weight is 190 g/mol. The van der Waals surface area contributed by atoms with Crippen LogP contribution >= 0.6 is 0 Å². The molecule has 0 bridgehead atoms. The summed E-state index contributed by atoms with van der Waals surface area (Å²) in [6.45, 7) is 8.45. The topological polar surface area (TPSA) is 38.9 Å². The van der Waals surface area contributed by atoms with Gasteiger partial charge in [-0.3, -0.25) is 4.98 Å². The SMILES string of the molecule is C/C=C(\N)c1cc(C(C)(C)C)ccn1. The maximum absolute atomic E-state index is 5.81. The molecular weight excluding hydrogens is 172 g/mol. The first-order valence-electron chi connectivity index (χ1n) is 4.84. The van der Waals surface area contributed by atoms with Crippen molar-refractivity contribution in [1.82, 2.24) is 4.98 Å². The van der Waals surface area contributed by atoms with Crippen LogP contribution < -0.4 is 5.73 Å². The predicted octanol–water partition coefficient (Wildman–Crippen LogP) is 2.70. The van der Waals surface area contributed by atoms with E-state index in [1.165, 1.54) is 5.56 Å². The van der Waals surface area contributed by atoms with E-state index >= 15 is 0 Å². The lowest BCUT2D eigenvalue weighted by molar-refractivity contribution is 0.589. The molecule has 0 radical (unpaired) electrons. The Morgan fingerprint density at radius 2 is 2.07 bits per heavy atom. The molecule has 2 nitrogen and oxygen atoms in total. The van der Waals surface area contributed by atoms with Crippen molar-refractivity contribution in [1.29, 1.82) is 0 Å². The van der Waals surface area contributed by atoms with Gasteiger partial charge in [0.05, 0.1) is 11.4 Å². The third kappa shape index (κ3) is 2.34. The third-order valence-corrected chi connectivity index (χ3v) is 2.23. The van der Waals surface area contributed by atoms with Gasteiger partial charge in [-0.25, -0.2) is 0 Å². The predicted molar refractivity (Wildman–Crippen MR) is 60.8 cm³/mol. The molecule has 0 aliphatic rings. The van der Waals surface area contributed by atoms with Gasteiger partial charge in [-0.1, -0.05) is 26.8 Å². The number of hydrogen-bond donors (Lipinski definition) is 1. The number of hydrogen-bond acceptors (Lipinski definition) is 2. The Morgan fingerprint density at radius 3 is 2.57 bits per heavy atom. The van der Waals surface area contributed by atoms with Crippen LogP contribution in [0.5, 0.6) is 0 Å². The van der Waals surface area contributed by atoms with Gasteiger partial charge < -0.3 is 5.73 Å². The third-order valence-electron chi connectivity index (χ3n) is 2.23. The Labute approximate surface area is 85.9 Å². The minimum absolute atomic E-state index is 0.145. The van der Waals surface area contributed by atoms with Gasteiger partial charge in [-0.05, 0) is 30.0 Å². The summed E-state index contributed by atoms with van der Waals surface area (Å²) in [4.78, 5) is 4.23. The van der Waals surface area contributed by atoms with Crippen molar-refractivity contribution in [3.05, 3.63) is 35.7 Å². The summed E-state index contributed by atoms with van der Waals surface area (Å²) in [5, 5.41) is 0. The maximum atomic E-state index is 5.81. The summed E-state index contributed by atoms with van der Waals surface area (Å²) in [6.07, 6.45) is 3.68. The first kappa shape index (κ1) is 10.8. The van der Waals surface area contributed by atoms with E-state index in [9.17, 15) is 0 Å². The summed E-state index contributed by atoms with van der Waals surface area (Å²) in [5.74, 6) is 0.